The molecule has 0 aliphatic heterocycles. The summed E-state index contributed by atoms with van der Waals surface area (Å²) in [5, 5.41) is 10.1. The number of nitrogens with zero attached hydrogens (tertiary/aromatic N) is 6. The summed E-state index contributed by atoms with van der Waals surface area (Å²) in [6, 6.07) is 7.89. The number of alkyl halides is 3. The molecule has 0 aliphatic rings. The molecular formula is C18H13F4N7O. The van der Waals surface area contributed by atoms with Gasteiger partial charge in [-0.1, -0.05) is 12.1 Å². The summed E-state index contributed by atoms with van der Waals surface area (Å²) in [7, 11) is 0. The second-order valence-electron chi connectivity index (χ2n) is 6.43. The number of aromatic nitrogens is 6. The van der Waals surface area contributed by atoms with E-state index in [2.05, 4.69) is 25.5 Å². The summed E-state index contributed by atoms with van der Waals surface area (Å²) in [5.41, 5.74) is -0.655. The Morgan fingerprint density at radius 2 is 1.97 bits per heavy atom. The van der Waals surface area contributed by atoms with Crippen LogP contribution in [0.15, 0.2) is 42.7 Å². The van der Waals surface area contributed by atoms with E-state index in [9.17, 15) is 22.4 Å². The zero-order valence-electron chi connectivity index (χ0n) is 15.4. The smallest absolute Gasteiger partial charge is 0.288 e. The highest BCUT2D eigenvalue weighted by Crippen LogP contribution is 2.29. The van der Waals surface area contributed by atoms with Gasteiger partial charge in [-0.25, -0.2) is 23.6 Å². The summed E-state index contributed by atoms with van der Waals surface area (Å²) >= 11 is 0. The predicted octanol–water partition coefficient (Wildman–Crippen LogP) is 3.09. The number of fused-ring (bicyclic) bond motifs is 1. The van der Waals surface area contributed by atoms with Gasteiger partial charge in [-0.2, -0.15) is 18.3 Å². The molecule has 0 atom stereocenters. The van der Waals surface area contributed by atoms with E-state index >= 15 is 0 Å². The Kier molecular flexibility index (Phi) is 4.68. The summed E-state index contributed by atoms with van der Waals surface area (Å²) in [4.78, 5) is 20.3. The first kappa shape index (κ1) is 19.5. The highest BCUT2D eigenvalue weighted by atomic mass is 19.4. The van der Waals surface area contributed by atoms with Crippen LogP contribution in [-0.4, -0.2) is 35.3 Å². The number of halogens is 4. The number of nitrogens with one attached hydrogen (secondary N) is 1. The van der Waals surface area contributed by atoms with Crippen molar-refractivity contribution >= 4 is 17.5 Å². The van der Waals surface area contributed by atoms with Crippen molar-refractivity contribution in [3.8, 4) is 0 Å². The van der Waals surface area contributed by atoms with Crippen LogP contribution in [0.25, 0.3) is 5.65 Å². The summed E-state index contributed by atoms with van der Waals surface area (Å²) in [5.74, 6) is -1.27. The van der Waals surface area contributed by atoms with Gasteiger partial charge in [-0.15, -0.1) is 5.10 Å². The molecule has 1 N–H and O–H groups in total. The van der Waals surface area contributed by atoms with Gasteiger partial charge in [0.1, 0.15) is 17.8 Å². The van der Waals surface area contributed by atoms with Gasteiger partial charge in [0.25, 0.3) is 5.91 Å². The van der Waals surface area contributed by atoms with Gasteiger partial charge in [0.15, 0.2) is 11.3 Å². The molecule has 12 heteroatoms. The van der Waals surface area contributed by atoms with Gasteiger partial charge < -0.3 is 0 Å². The lowest BCUT2D eigenvalue weighted by Gasteiger charge is -2.08. The van der Waals surface area contributed by atoms with E-state index in [4.69, 9.17) is 0 Å². The van der Waals surface area contributed by atoms with Crippen LogP contribution in [0.4, 0.5) is 23.5 Å². The third kappa shape index (κ3) is 3.97. The first-order valence-corrected chi connectivity index (χ1v) is 8.59. The molecule has 0 saturated carbocycles. The number of amides is 1. The normalized spacial score (nSPS) is 11.8. The largest absolute Gasteiger partial charge is 0.433 e. The lowest BCUT2D eigenvalue weighted by Crippen LogP contribution is -2.16. The van der Waals surface area contributed by atoms with E-state index in [1.807, 2.05) is 0 Å². The van der Waals surface area contributed by atoms with Crippen molar-refractivity contribution in [2.45, 2.75) is 19.6 Å². The van der Waals surface area contributed by atoms with E-state index in [1.165, 1.54) is 30.1 Å². The molecule has 1 aromatic carbocycles. The Hall–Kier alpha value is -3.83. The van der Waals surface area contributed by atoms with Crippen molar-refractivity contribution < 1.29 is 22.4 Å². The second-order valence-corrected chi connectivity index (χ2v) is 6.43. The van der Waals surface area contributed by atoms with Gasteiger partial charge in [-0.05, 0) is 30.7 Å². The number of carbonyl (C=O) groups is 1. The molecule has 8 nitrogen and oxygen atoms in total. The predicted molar refractivity (Wildman–Crippen MR) is 96.2 cm³/mol. The van der Waals surface area contributed by atoms with E-state index in [0.29, 0.717) is 10.1 Å². The standard InChI is InChI=1S/C18H13F4N7O/c1-10-5-14(18(20,21)22)29-15(24-10)7-13(26-29)16(30)25-17-23-9-28(27-17)8-11-3-2-4-12(19)6-11/h2-7,9H,8H2,1H3,(H,25,27,30). The SMILES string of the molecule is Cc1cc(C(F)(F)F)n2nc(C(=O)Nc3ncn(Cc4cccc(F)c4)n3)cc2n1. The van der Waals surface area contributed by atoms with Crippen LogP contribution in [0.1, 0.15) is 27.4 Å². The Balaban J connectivity index is 1.54. The monoisotopic (exact) mass is 419 g/mol. The molecule has 4 aromatic rings. The molecule has 3 aromatic heterocycles. The number of rotatable bonds is 4. The average molecular weight is 419 g/mol. The van der Waals surface area contributed by atoms with Crippen molar-refractivity contribution in [1.29, 1.82) is 0 Å². The van der Waals surface area contributed by atoms with Gasteiger partial charge >= 0.3 is 6.18 Å². The van der Waals surface area contributed by atoms with Crippen molar-refractivity contribution in [1.82, 2.24) is 29.4 Å². The maximum Gasteiger partial charge on any atom is 0.433 e. The molecule has 0 bridgehead atoms. The molecule has 0 fully saturated rings. The van der Waals surface area contributed by atoms with Gasteiger partial charge in [-0.3, -0.25) is 10.1 Å². The number of anilines is 1. The molecule has 4 rings (SSSR count). The molecular weight excluding hydrogens is 406 g/mol. The number of aryl methyl sites for hydroxylation is 1. The minimum Gasteiger partial charge on any atom is -0.288 e. The average Bonchev–Trinajstić information content (AvgIpc) is 3.27. The molecule has 3 heterocycles. The third-order valence-electron chi connectivity index (χ3n) is 4.07. The van der Waals surface area contributed by atoms with E-state index < -0.39 is 23.6 Å². The molecule has 0 aliphatic carbocycles. The molecule has 1 amide bonds. The fraction of sp³-hybridized carbons (Fsp3) is 0.167. The van der Waals surface area contributed by atoms with Crippen LogP contribution in [0, 0.1) is 12.7 Å². The Labute approximate surface area is 166 Å². The van der Waals surface area contributed by atoms with E-state index in [-0.39, 0.29) is 29.5 Å². The molecule has 0 unspecified atom stereocenters. The van der Waals surface area contributed by atoms with Crippen LogP contribution in [0.2, 0.25) is 0 Å². The highest BCUT2D eigenvalue weighted by molar-refractivity contribution is 6.02. The fourth-order valence-corrected chi connectivity index (χ4v) is 2.83. The first-order valence-electron chi connectivity index (χ1n) is 8.59. The number of hydrogen-bond acceptors (Lipinski definition) is 5. The minimum atomic E-state index is -4.66. The minimum absolute atomic E-state index is 0.0753. The molecule has 0 saturated heterocycles. The second kappa shape index (κ2) is 7.21. The Bertz CT molecular complexity index is 1250. The summed E-state index contributed by atoms with van der Waals surface area (Å²) in [6.45, 7) is 1.63. The Morgan fingerprint density at radius 1 is 1.17 bits per heavy atom. The molecule has 154 valence electrons. The van der Waals surface area contributed by atoms with Crippen molar-refractivity contribution in [3.63, 3.8) is 0 Å². The molecule has 0 radical (unpaired) electrons. The maximum absolute atomic E-state index is 13.3. The lowest BCUT2D eigenvalue weighted by molar-refractivity contribution is -0.142. The molecule has 30 heavy (non-hydrogen) atoms. The van der Waals surface area contributed by atoms with Crippen LogP contribution in [0.3, 0.4) is 0 Å². The number of benzene rings is 1. The topological polar surface area (TPSA) is 90.0 Å². The fourth-order valence-electron chi connectivity index (χ4n) is 2.83. The van der Waals surface area contributed by atoms with Crippen molar-refractivity contribution in [2.75, 3.05) is 5.32 Å². The van der Waals surface area contributed by atoms with Crippen LogP contribution in [0.5, 0.6) is 0 Å². The third-order valence-corrected chi connectivity index (χ3v) is 4.07. The van der Waals surface area contributed by atoms with E-state index in [0.717, 1.165) is 12.1 Å². The zero-order chi connectivity index (χ0) is 21.5. The van der Waals surface area contributed by atoms with Crippen LogP contribution < -0.4 is 5.32 Å². The number of hydrogen-bond donors (Lipinski definition) is 1. The maximum atomic E-state index is 13.3. The van der Waals surface area contributed by atoms with Gasteiger partial charge in [0, 0.05) is 11.8 Å². The van der Waals surface area contributed by atoms with Crippen LogP contribution in [-0.2, 0) is 12.7 Å². The van der Waals surface area contributed by atoms with Crippen LogP contribution >= 0.6 is 0 Å². The van der Waals surface area contributed by atoms with Crippen molar-refractivity contribution in [2.24, 2.45) is 0 Å². The van der Waals surface area contributed by atoms with Gasteiger partial charge in [0.2, 0.25) is 5.95 Å². The lowest BCUT2D eigenvalue weighted by atomic mass is 10.2. The summed E-state index contributed by atoms with van der Waals surface area (Å²) in [6.07, 6.45) is -3.33. The van der Waals surface area contributed by atoms with E-state index in [1.54, 1.807) is 12.1 Å². The zero-order valence-corrected chi connectivity index (χ0v) is 15.4. The highest BCUT2D eigenvalue weighted by Gasteiger charge is 2.35. The first-order chi connectivity index (χ1) is 14.2. The van der Waals surface area contributed by atoms with Gasteiger partial charge in [0.05, 0.1) is 6.54 Å². The quantitative estimate of drug-likeness (QED) is 0.514. The molecule has 0 spiro atoms. The van der Waals surface area contributed by atoms with Crippen molar-refractivity contribution in [3.05, 3.63) is 71.2 Å². The number of carbonyl (C=O) groups excluding carboxylic acids is 1. The summed E-state index contributed by atoms with van der Waals surface area (Å²) < 4.78 is 54.9. The Morgan fingerprint density at radius 3 is 2.70 bits per heavy atom.